The standard InChI is InChI=1S/C23H23FN6O4.C2H6/c1-10-2-12-14(8-30(27)11(5-25)6-26)15-7-29-19(20(15)28-18(12)4-17(10)24)3-13-16(22(29)32)9-34-23(33)21(13)31;1-2/h2-5,21,31H,6-9,25-27H2,1H3;1-2H3/b11-5-;. The van der Waals surface area contributed by atoms with Crippen molar-refractivity contribution >= 4 is 16.9 Å². The normalized spacial score (nSPS) is 16.0. The highest BCUT2D eigenvalue weighted by molar-refractivity contribution is 5.89. The first-order valence-electron chi connectivity index (χ1n) is 11.6. The number of aliphatic hydroxyl groups excluding tert-OH is 1. The van der Waals surface area contributed by atoms with Crippen molar-refractivity contribution in [3.8, 4) is 11.4 Å². The molecule has 2 aliphatic rings. The summed E-state index contributed by atoms with van der Waals surface area (Å²) in [5.41, 5.74) is 15.1. The molecule has 1 unspecified atom stereocenters. The molecule has 7 N–H and O–H groups in total. The number of carbonyl (C=O) groups excluding carboxylic acids is 1. The molecule has 0 fully saturated rings. The van der Waals surface area contributed by atoms with E-state index in [1.54, 1.807) is 19.1 Å². The third-order valence-corrected chi connectivity index (χ3v) is 6.45. The largest absolute Gasteiger partial charge is 0.458 e. The van der Waals surface area contributed by atoms with E-state index < -0.39 is 17.9 Å². The third kappa shape index (κ3) is 3.91. The summed E-state index contributed by atoms with van der Waals surface area (Å²) < 4.78 is 20.9. The first kappa shape index (κ1) is 25.3. The number of carbonyl (C=O) groups is 1. The number of rotatable bonds is 4. The van der Waals surface area contributed by atoms with E-state index in [2.05, 4.69) is 4.98 Å². The second-order valence-corrected chi connectivity index (χ2v) is 8.39. The summed E-state index contributed by atoms with van der Waals surface area (Å²) in [6.45, 7) is 5.92. The van der Waals surface area contributed by atoms with Crippen molar-refractivity contribution in [1.82, 2.24) is 14.6 Å². The van der Waals surface area contributed by atoms with Gasteiger partial charge in [-0.15, -0.1) is 0 Å². The van der Waals surface area contributed by atoms with Crippen LogP contribution in [0.1, 0.15) is 47.8 Å². The van der Waals surface area contributed by atoms with E-state index in [4.69, 9.17) is 22.0 Å². The highest BCUT2D eigenvalue weighted by atomic mass is 19.1. The van der Waals surface area contributed by atoms with Gasteiger partial charge >= 0.3 is 5.97 Å². The number of hydrazine groups is 1. The fourth-order valence-corrected chi connectivity index (χ4v) is 4.57. The van der Waals surface area contributed by atoms with E-state index in [-0.39, 0.29) is 42.9 Å². The van der Waals surface area contributed by atoms with Crippen LogP contribution in [0.25, 0.3) is 22.3 Å². The van der Waals surface area contributed by atoms with Crippen molar-refractivity contribution in [2.24, 2.45) is 17.3 Å². The number of aliphatic hydroxyl groups is 1. The highest BCUT2D eigenvalue weighted by Gasteiger charge is 2.35. The summed E-state index contributed by atoms with van der Waals surface area (Å²) in [5, 5.41) is 12.4. The van der Waals surface area contributed by atoms with Gasteiger partial charge in [-0.2, -0.15) is 0 Å². The number of halogens is 1. The van der Waals surface area contributed by atoms with Gasteiger partial charge in [-0.1, -0.05) is 13.8 Å². The van der Waals surface area contributed by atoms with Gasteiger partial charge in [-0.25, -0.2) is 20.0 Å². The lowest BCUT2D eigenvalue weighted by Crippen LogP contribution is -2.34. The molecule has 2 aromatic heterocycles. The number of hydrogen-bond acceptors (Lipinski definition) is 9. The molecule has 190 valence electrons. The number of ether oxygens (including phenoxy) is 1. The lowest BCUT2D eigenvalue weighted by molar-refractivity contribution is -0.157. The number of benzene rings is 1. The molecule has 0 spiro atoms. The summed E-state index contributed by atoms with van der Waals surface area (Å²) in [6, 6.07) is 4.61. The Kier molecular flexibility index (Phi) is 6.81. The Morgan fingerprint density at radius 3 is 2.69 bits per heavy atom. The van der Waals surface area contributed by atoms with Crippen LogP contribution in [-0.4, -0.2) is 32.2 Å². The molecule has 5 rings (SSSR count). The topological polar surface area (TPSA) is 163 Å². The molecule has 0 saturated carbocycles. The average Bonchev–Trinajstić information content (AvgIpc) is 3.23. The molecule has 2 aliphatic heterocycles. The van der Waals surface area contributed by atoms with E-state index in [0.717, 1.165) is 11.1 Å². The van der Waals surface area contributed by atoms with Gasteiger partial charge in [0.05, 0.1) is 41.3 Å². The Morgan fingerprint density at radius 2 is 2.03 bits per heavy atom. The van der Waals surface area contributed by atoms with Gasteiger partial charge in [-0.3, -0.25) is 4.79 Å². The molecule has 36 heavy (non-hydrogen) atoms. The van der Waals surface area contributed by atoms with E-state index in [1.807, 2.05) is 13.8 Å². The number of aryl methyl sites for hydroxylation is 1. The Labute approximate surface area is 206 Å². The number of fused-ring (bicyclic) bond motifs is 5. The van der Waals surface area contributed by atoms with Gasteiger partial charge in [-0.05, 0) is 30.2 Å². The monoisotopic (exact) mass is 496 g/mol. The van der Waals surface area contributed by atoms with Crippen molar-refractivity contribution < 1.29 is 19.0 Å². The molecular weight excluding hydrogens is 467 g/mol. The lowest BCUT2D eigenvalue weighted by atomic mass is 9.97. The van der Waals surface area contributed by atoms with Gasteiger partial charge in [0.1, 0.15) is 12.4 Å². The molecule has 0 radical (unpaired) electrons. The van der Waals surface area contributed by atoms with Crippen LogP contribution < -0.4 is 22.9 Å². The first-order chi connectivity index (χ1) is 17.2. The molecule has 10 nitrogen and oxygen atoms in total. The maximum atomic E-state index is 14.5. The summed E-state index contributed by atoms with van der Waals surface area (Å²) >= 11 is 0. The Balaban J connectivity index is 0.00000148. The van der Waals surface area contributed by atoms with Crippen molar-refractivity contribution in [3.05, 3.63) is 74.1 Å². The zero-order valence-corrected chi connectivity index (χ0v) is 20.3. The SMILES string of the molecule is CC.Cc1cc2c(CN(N)/C(=C\N)CN)c3c(nc2cc1F)-c1cc2c(c(=O)n1C3)COC(=O)C2O. The molecule has 4 heterocycles. The van der Waals surface area contributed by atoms with Gasteiger partial charge in [0.15, 0.2) is 6.10 Å². The molecule has 0 bridgehead atoms. The van der Waals surface area contributed by atoms with Crippen molar-refractivity contribution in [2.75, 3.05) is 6.54 Å². The second-order valence-electron chi connectivity index (χ2n) is 8.39. The van der Waals surface area contributed by atoms with E-state index in [9.17, 15) is 19.1 Å². The number of cyclic esters (lactones) is 1. The van der Waals surface area contributed by atoms with Crippen LogP contribution in [0.3, 0.4) is 0 Å². The van der Waals surface area contributed by atoms with Crippen LogP contribution in [0.5, 0.6) is 0 Å². The summed E-state index contributed by atoms with van der Waals surface area (Å²) in [7, 11) is 0. The molecule has 0 aliphatic carbocycles. The minimum absolute atomic E-state index is 0.115. The second kappa shape index (κ2) is 9.69. The zero-order chi connectivity index (χ0) is 26.3. The number of esters is 1. The van der Waals surface area contributed by atoms with Crippen LogP contribution >= 0.6 is 0 Å². The minimum atomic E-state index is -1.56. The molecule has 3 aromatic rings. The van der Waals surface area contributed by atoms with Crippen molar-refractivity contribution in [1.29, 1.82) is 0 Å². The van der Waals surface area contributed by atoms with Gasteiger partial charge < -0.3 is 30.9 Å². The zero-order valence-electron chi connectivity index (χ0n) is 20.3. The van der Waals surface area contributed by atoms with Gasteiger partial charge in [0, 0.05) is 35.3 Å². The molecule has 11 heteroatoms. The van der Waals surface area contributed by atoms with Gasteiger partial charge in [0.2, 0.25) is 0 Å². The average molecular weight is 497 g/mol. The van der Waals surface area contributed by atoms with E-state index in [1.165, 1.54) is 21.8 Å². The number of nitrogens with zero attached hydrogens (tertiary/aromatic N) is 3. The van der Waals surface area contributed by atoms with E-state index >= 15 is 0 Å². The summed E-state index contributed by atoms with van der Waals surface area (Å²) in [6.07, 6.45) is -0.243. The molecular formula is C25H29FN6O4. The maximum Gasteiger partial charge on any atom is 0.340 e. The van der Waals surface area contributed by atoms with Crippen LogP contribution in [0, 0.1) is 12.7 Å². The molecule has 1 atom stereocenters. The predicted octanol–water partition coefficient (Wildman–Crippen LogP) is 1.42. The summed E-state index contributed by atoms with van der Waals surface area (Å²) in [5.74, 6) is 5.01. The smallest absolute Gasteiger partial charge is 0.340 e. The molecule has 0 saturated heterocycles. The van der Waals surface area contributed by atoms with Crippen LogP contribution in [0.4, 0.5) is 4.39 Å². The van der Waals surface area contributed by atoms with E-state index in [0.29, 0.717) is 33.6 Å². The molecule has 1 aromatic carbocycles. The quantitative estimate of drug-likeness (QED) is 0.186. The van der Waals surface area contributed by atoms with Crippen molar-refractivity contribution in [2.45, 2.75) is 46.6 Å². The Morgan fingerprint density at radius 1 is 1.31 bits per heavy atom. The summed E-state index contributed by atoms with van der Waals surface area (Å²) in [4.78, 5) is 29.8. The van der Waals surface area contributed by atoms with Crippen LogP contribution in [-0.2, 0) is 29.2 Å². The molecule has 0 amide bonds. The third-order valence-electron chi connectivity index (χ3n) is 6.45. The number of aromatic nitrogens is 2. The number of pyridine rings is 2. The number of nitrogens with two attached hydrogens (primary N) is 3. The van der Waals surface area contributed by atoms with Crippen LogP contribution in [0.15, 0.2) is 34.9 Å². The fraction of sp³-hybridized carbons (Fsp3) is 0.320. The maximum absolute atomic E-state index is 14.5. The minimum Gasteiger partial charge on any atom is -0.458 e. The van der Waals surface area contributed by atoms with Crippen molar-refractivity contribution in [3.63, 3.8) is 0 Å². The fourth-order valence-electron chi connectivity index (χ4n) is 4.57. The first-order valence-corrected chi connectivity index (χ1v) is 11.6. The predicted molar refractivity (Wildman–Crippen MR) is 132 cm³/mol. The van der Waals surface area contributed by atoms with Crippen LogP contribution in [0.2, 0.25) is 0 Å². The Bertz CT molecular complexity index is 1470. The highest BCUT2D eigenvalue weighted by Crippen LogP contribution is 2.38. The number of hydrogen-bond donors (Lipinski definition) is 4. The Hall–Kier alpha value is -3.80. The lowest BCUT2D eigenvalue weighted by Gasteiger charge is -2.23. The van der Waals surface area contributed by atoms with Gasteiger partial charge in [0.25, 0.3) is 5.56 Å².